The zero-order valence-corrected chi connectivity index (χ0v) is 17.3. The van der Waals surface area contributed by atoms with Crippen LogP contribution in [-0.4, -0.2) is 12.1 Å². The first-order chi connectivity index (χ1) is 13.8. The van der Waals surface area contributed by atoms with E-state index in [4.69, 9.17) is 13.9 Å². The van der Waals surface area contributed by atoms with Crippen molar-refractivity contribution in [2.45, 2.75) is 53.2 Å². The van der Waals surface area contributed by atoms with Crippen molar-refractivity contribution >= 4 is 16.9 Å². The molecule has 0 N–H and O–H groups in total. The molecule has 5 heteroatoms. The Morgan fingerprint density at radius 1 is 1.07 bits per heavy atom. The van der Waals surface area contributed by atoms with Gasteiger partial charge in [-0.05, 0) is 56.9 Å². The second-order valence-electron chi connectivity index (χ2n) is 7.52. The van der Waals surface area contributed by atoms with Gasteiger partial charge in [-0.3, -0.25) is 4.79 Å². The lowest BCUT2D eigenvalue weighted by atomic mass is 10.0. The van der Waals surface area contributed by atoms with E-state index in [9.17, 15) is 9.59 Å². The highest BCUT2D eigenvalue weighted by Crippen LogP contribution is 2.29. The SMILES string of the molecule is Cc1ccc(COc2cc3oc(=O)cc(C)c3cc2CCC(=O)OC(C)C)cc1. The number of fused-ring (bicyclic) bond motifs is 1. The van der Waals surface area contributed by atoms with Crippen LogP contribution in [0.15, 0.2) is 51.7 Å². The molecule has 0 fully saturated rings. The molecule has 0 atom stereocenters. The quantitative estimate of drug-likeness (QED) is 0.422. The predicted molar refractivity (Wildman–Crippen MR) is 112 cm³/mol. The Bertz CT molecular complexity index is 1060. The van der Waals surface area contributed by atoms with E-state index in [1.54, 1.807) is 6.07 Å². The topological polar surface area (TPSA) is 65.7 Å². The van der Waals surface area contributed by atoms with Gasteiger partial charge in [0.25, 0.3) is 0 Å². The molecule has 0 radical (unpaired) electrons. The van der Waals surface area contributed by atoms with Crippen molar-refractivity contribution in [2.24, 2.45) is 0 Å². The molecule has 0 saturated heterocycles. The van der Waals surface area contributed by atoms with Gasteiger partial charge in [0, 0.05) is 23.9 Å². The van der Waals surface area contributed by atoms with E-state index in [1.807, 2.05) is 58.0 Å². The van der Waals surface area contributed by atoms with E-state index < -0.39 is 5.63 Å². The molecule has 0 aliphatic rings. The van der Waals surface area contributed by atoms with Crippen LogP contribution >= 0.6 is 0 Å². The third-order valence-corrected chi connectivity index (χ3v) is 4.61. The number of carbonyl (C=O) groups excluding carboxylic acids is 1. The Balaban J connectivity index is 1.89. The number of aryl methyl sites for hydroxylation is 3. The number of benzene rings is 2. The monoisotopic (exact) mass is 394 g/mol. The average Bonchev–Trinajstić information content (AvgIpc) is 2.65. The largest absolute Gasteiger partial charge is 0.488 e. The summed E-state index contributed by atoms with van der Waals surface area (Å²) in [6, 6.07) is 13.2. The lowest BCUT2D eigenvalue weighted by Gasteiger charge is -2.14. The van der Waals surface area contributed by atoms with Crippen molar-refractivity contribution in [3.63, 3.8) is 0 Å². The van der Waals surface area contributed by atoms with E-state index in [-0.39, 0.29) is 18.5 Å². The summed E-state index contributed by atoms with van der Waals surface area (Å²) in [6.07, 6.45) is 0.580. The molecule has 0 aliphatic carbocycles. The van der Waals surface area contributed by atoms with Crippen LogP contribution < -0.4 is 10.4 Å². The Labute approximate surface area is 170 Å². The fraction of sp³-hybridized carbons (Fsp3) is 0.333. The average molecular weight is 394 g/mol. The van der Waals surface area contributed by atoms with E-state index in [0.717, 1.165) is 22.1 Å². The maximum Gasteiger partial charge on any atom is 0.336 e. The summed E-state index contributed by atoms with van der Waals surface area (Å²) in [4.78, 5) is 23.8. The first-order valence-electron chi connectivity index (χ1n) is 9.77. The molecule has 0 saturated carbocycles. The molecular formula is C24H26O5. The van der Waals surface area contributed by atoms with Gasteiger partial charge in [0.1, 0.15) is 17.9 Å². The smallest absolute Gasteiger partial charge is 0.336 e. The molecule has 1 aromatic heterocycles. The third-order valence-electron chi connectivity index (χ3n) is 4.61. The molecule has 2 aromatic carbocycles. The Morgan fingerprint density at radius 2 is 1.79 bits per heavy atom. The molecule has 3 aromatic rings. The number of carbonyl (C=O) groups is 1. The van der Waals surface area contributed by atoms with Gasteiger partial charge in [0.05, 0.1) is 6.10 Å². The van der Waals surface area contributed by atoms with Gasteiger partial charge in [-0.1, -0.05) is 29.8 Å². The Kier molecular flexibility index (Phi) is 6.37. The molecule has 0 spiro atoms. The van der Waals surface area contributed by atoms with E-state index >= 15 is 0 Å². The predicted octanol–water partition coefficient (Wildman–Crippen LogP) is 4.87. The normalized spacial score (nSPS) is 11.1. The maximum atomic E-state index is 12.0. The van der Waals surface area contributed by atoms with Gasteiger partial charge in [-0.15, -0.1) is 0 Å². The van der Waals surface area contributed by atoms with Crippen LogP contribution in [-0.2, 0) is 22.6 Å². The second-order valence-corrected chi connectivity index (χ2v) is 7.52. The van der Waals surface area contributed by atoms with Crippen molar-refractivity contribution in [2.75, 3.05) is 0 Å². The van der Waals surface area contributed by atoms with Crippen LogP contribution in [0.3, 0.4) is 0 Å². The standard InChI is InChI=1S/C24H26O5/c1-15(2)28-23(25)10-9-19-12-20-17(4)11-24(26)29-22(20)13-21(19)27-14-18-7-5-16(3)6-8-18/h5-8,11-13,15H,9-10,14H2,1-4H3. The summed E-state index contributed by atoms with van der Waals surface area (Å²) in [5, 5.41) is 0.833. The summed E-state index contributed by atoms with van der Waals surface area (Å²) in [6.45, 7) is 7.94. The van der Waals surface area contributed by atoms with Crippen LogP contribution in [0.25, 0.3) is 11.0 Å². The molecule has 3 rings (SSSR count). The molecule has 5 nitrogen and oxygen atoms in total. The minimum Gasteiger partial charge on any atom is -0.488 e. The number of esters is 1. The zero-order chi connectivity index (χ0) is 21.0. The van der Waals surface area contributed by atoms with Crippen LogP contribution in [0.5, 0.6) is 5.75 Å². The molecule has 29 heavy (non-hydrogen) atoms. The minimum absolute atomic E-state index is 0.145. The van der Waals surface area contributed by atoms with Crippen molar-refractivity contribution in [3.05, 3.63) is 75.1 Å². The highest BCUT2D eigenvalue weighted by molar-refractivity contribution is 5.83. The van der Waals surface area contributed by atoms with Gasteiger partial charge in [-0.25, -0.2) is 4.79 Å². The van der Waals surface area contributed by atoms with Gasteiger partial charge in [0.2, 0.25) is 0 Å². The van der Waals surface area contributed by atoms with E-state index in [2.05, 4.69) is 0 Å². The fourth-order valence-electron chi connectivity index (χ4n) is 3.12. The first-order valence-corrected chi connectivity index (χ1v) is 9.77. The highest BCUT2D eigenvalue weighted by atomic mass is 16.5. The molecule has 0 bridgehead atoms. The van der Waals surface area contributed by atoms with Gasteiger partial charge < -0.3 is 13.9 Å². The second kappa shape index (κ2) is 8.95. The number of ether oxygens (including phenoxy) is 2. The zero-order valence-electron chi connectivity index (χ0n) is 17.3. The molecule has 0 unspecified atom stereocenters. The Hall–Kier alpha value is -3.08. The lowest BCUT2D eigenvalue weighted by molar-refractivity contribution is -0.147. The van der Waals surface area contributed by atoms with Crippen LogP contribution in [0, 0.1) is 13.8 Å². The molecule has 1 heterocycles. The first kappa shape index (κ1) is 20.6. The summed E-state index contributed by atoms with van der Waals surface area (Å²) >= 11 is 0. The van der Waals surface area contributed by atoms with Crippen molar-refractivity contribution in [1.82, 2.24) is 0 Å². The van der Waals surface area contributed by atoms with Gasteiger partial charge in [0.15, 0.2) is 0 Å². The maximum absolute atomic E-state index is 12.0. The number of hydrogen-bond acceptors (Lipinski definition) is 5. The van der Waals surface area contributed by atoms with Crippen molar-refractivity contribution in [1.29, 1.82) is 0 Å². The summed E-state index contributed by atoms with van der Waals surface area (Å²) in [7, 11) is 0. The number of hydrogen-bond donors (Lipinski definition) is 0. The summed E-state index contributed by atoms with van der Waals surface area (Å²) in [5.74, 6) is 0.352. The van der Waals surface area contributed by atoms with Crippen molar-refractivity contribution in [3.8, 4) is 5.75 Å². The van der Waals surface area contributed by atoms with Gasteiger partial charge in [-0.2, -0.15) is 0 Å². The van der Waals surface area contributed by atoms with Crippen LogP contribution in [0.1, 0.15) is 42.5 Å². The van der Waals surface area contributed by atoms with E-state index in [0.29, 0.717) is 24.4 Å². The van der Waals surface area contributed by atoms with E-state index in [1.165, 1.54) is 11.6 Å². The fourth-order valence-corrected chi connectivity index (χ4v) is 3.12. The Morgan fingerprint density at radius 3 is 2.48 bits per heavy atom. The van der Waals surface area contributed by atoms with Crippen LogP contribution in [0.4, 0.5) is 0 Å². The molecule has 0 aliphatic heterocycles. The van der Waals surface area contributed by atoms with Crippen LogP contribution in [0.2, 0.25) is 0 Å². The highest BCUT2D eigenvalue weighted by Gasteiger charge is 2.14. The van der Waals surface area contributed by atoms with Crippen molar-refractivity contribution < 1.29 is 18.7 Å². The summed E-state index contributed by atoms with van der Waals surface area (Å²) < 4.78 is 16.6. The molecule has 152 valence electrons. The molecular weight excluding hydrogens is 368 g/mol. The third kappa shape index (κ3) is 5.47. The van der Waals surface area contributed by atoms with Gasteiger partial charge >= 0.3 is 11.6 Å². The minimum atomic E-state index is -0.396. The number of rotatable bonds is 7. The lowest BCUT2D eigenvalue weighted by Crippen LogP contribution is -2.12. The summed E-state index contributed by atoms with van der Waals surface area (Å²) in [5.41, 5.74) is 4.00. The molecule has 0 amide bonds.